The molecule has 106 valence electrons. The molecule has 0 radical (unpaired) electrons. The van der Waals surface area contributed by atoms with E-state index in [1.165, 1.54) is 11.1 Å². The molecule has 0 aliphatic heterocycles. The third kappa shape index (κ3) is 6.82. The molecule has 1 aromatic rings. The first-order valence-electron chi connectivity index (χ1n) is 6.57. The summed E-state index contributed by atoms with van der Waals surface area (Å²) >= 11 is 0. The van der Waals surface area contributed by atoms with Gasteiger partial charge in [0.1, 0.15) is 0 Å². The van der Waals surface area contributed by atoms with Gasteiger partial charge in [-0.25, -0.2) is 4.99 Å². The van der Waals surface area contributed by atoms with Crippen molar-refractivity contribution in [2.45, 2.75) is 39.4 Å². The number of hydrogen-bond donors (Lipinski definition) is 2. The molecule has 0 aromatic heterocycles. The molecule has 0 unspecified atom stereocenters. The summed E-state index contributed by atoms with van der Waals surface area (Å²) in [5.74, 6) is 0.491. The van der Waals surface area contributed by atoms with Gasteiger partial charge < -0.3 is 16.0 Å². The van der Waals surface area contributed by atoms with Crippen molar-refractivity contribution >= 4 is 5.96 Å². The second kappa shape index (κ2) is 6.57. The zero-order chi connectivity index (χ0) is 14.5. The standard InChI is InChI=1S/C15H26N4/c1-15(2,3)18-14(16)17-10-12-7-6-8-13(9-12)11-19(4)5/h6-9H,10-11H2,1-5H3,(H3,16,17,18). The van der Waals surface area contributed by atoms with Crippen LogP contribution in [0.5, 0.6) is 0 Å². The number of benzene rings is 1. The lowest BCUT2D eigenvalue weighted by Gasteiger charge is -2.21. The first kappa shape index (κ1) is 15.5. The molecule has 0 spiro atoms. The summed E-state index contributed by atoms with van der Waals surface area (Å²) < 4.78 is 0. The van der Waals surface area contributed by atoms with Crippen molar-refractivity contribution in [3.05, 3.63) is 35.4 Å². The van der Waals surface area contributed by atoms with Gasteiger partial charge in [-0.1, -0.05) is 24.3 Å². The van der Waals surface area contributed by atoms with Crippen molar-refractivity contribution in [3.63, 3.8) is 0 Å². The Balaban J connectivity index is 2.64. The number of nitrogens with zero attached hydrogens (tertiary/aromatic N) is 2. The van der Waals surface area contributed by atoms with E-state index in [1.54, 1.807) is 0 Å². The molecule has 1 aromatic carbocycles. The Morgan fingerprint density at radius 3 is 2.47 bits per heavy atom. The number of aliphatic imine (C=N–C) groups is 1. The maximum Gasteiger partial charge on any atom is 0.189 e. The molecule has 0 fully saturated rings. The molecular weight excluding hydrogens is 236 g/mol. The summed E-state index contributed by atoms with van der Waals surface area (Å²) in [6.45, 7) is 7.73. The highest BCUT2D eigenvalue weighted by molar-refractivity contribution is 5.78. The van der Waals surface area contributed by atoms with Gasteiger partial charge in [0.25, 0.3) is 0 Å². The second-order valence-electron chi connectivity index (χ2n) is 6.13. The molecule has 0 saturated heterocycles. The van der Waals surface area contributed by atoms with Gasteiger partial charge in [-0.05, 0) is 46.0 Å². The summed E-state index contributed by atoms with van der Waals surface area (Å²) in [4.78, 5) is 6.52. The zero-order valence-electron chi connectivity index (χ0n) is 12.7. The van der Waals surface area contributed by atoms with E-state index >= 15 is 0 Å². The van der Waals surface area contributed by atoms with E-state index in [-0.39, 0.29) is 5.54 Å². The Morgan fingerprint density at radius 2 is 1.89 bits per heavy atom. The maximum atomic E-state index is 5.86. The fourth-order valence-corrected chi connectivity index (χ4v) is 1.79. The predicted octanol–water partition coefficient (Wildman–Crippen LogP) is 1.95. The van der Waals surface area contributed by atoms with Crippen molar-refractivity contribution < 1.29 is 0 Å². The van der Waals surface area contributed by atoms with E-state index in [4.69, 9.17) is 5.73 Å². The predicted molar refractivity (Wildman–Crippen MR) is 82.0 cm³/mol. The summed E-state index contributed by atoms with van der Waals surface area (Å²) in [7, 11) is 4.13. The van der Waals surface area contributed by atoms with Gasteiger partial charge in [0, 0.05) is 12.1 Å². The van der Waals surface area contributed by atoms with Crippen LogP contribution in [0.1, 0.15) is 31.9 Å². The van der Waals surface area contributed by atoms with Crippen molar-refractivity contribution in [3.8, 4) is 0 Å². The Labute approximate surface area is 116 Å². The number of guanidine groups is 1. The molecule has 4 heteroatoms. The fourth-order valence-electron chi connectivity index (χ4n) is 1.79. The van der Waals surface area contributed by atoms with Gasteiger partial charge in [-0.3, -0.25) is 0 Å². The topological polar surface area (TPSA) is 53.6 Å². The first-order valence-corrected chi connectivity index (χ1v) is 6.57. The highest BCUT2D eigenvalue weighted by Crippen LogP contribution is 2.08. The highest BCUT2D eigenvalue weighted by Gasteiger charge is 2.09. The van der Waals surface area contributed by atoms with E-state index < -0.39 is 0 Å². The molecule has 1 rings (SSSR count). The Hall–Kier alpha value is -1.55. The third-order valence-electron chi connectivity index (χ3n) is 2.43. The van der Waals surface area contributed by atoms with Crippen LogP contribution in [0.15, 0.2) is 29.3 Å². The summed E-state index contributed by atoms with van der Waals surface area (Å²) in [6.07, 6.45) is 0. The Bertz CT molecular complexity index is 430. The molecule has 19 heavy (non-hydrogen) atoms. The van der Waals surface area contributed by atoms with Crippen LogP contribution in [0, 0.1) is 0 Å². The van der Waals surface area contributed by atoms with Gasteiger partial charge in [0.2, 0.25) is 0 Å². The lowest BCUT2D eigenvalue weighted by molar-refractivity contribution is 0.402. The third-order valence-corrected chi connectivity index (χ3v) is 2.43. The van der Waals surface area contributed by atoms with Gasteiger partial charge in [0.15, 0.2) is 5.96 Å². The molecule has 4 nitrogen and oxygen atoms in total. The van der Waals surface area contributed by atoms with E-state index in [1.807, 2.05) is 0 Å². The van der Waals surface area contributed by atoms with Crippen LogP contribution in [0.2, 0.25) is 0 Å². The minimum atomic E-state index is -0.0552. The van der Waals surface area contributed by atoms with E-state index in [2.05, 4.69) is 74.3 Å². The molecular formula is C15H26N4. The van der Waals surface area contributed by atoms with Crippen LogP contribution < -0.4 is 11.1 Å². The monoisotopic (exact) mass is 262 g/mol. The highest BCUT2D eigenvalue weighted by atomic mass is 15.1. The second-order valence-corrected chi connectivity index (χ2v) is 6.13. The van der Waals surface area contributed by atoms with Gasteiger partial charge >= 0.3 is 0 Å². The zero-order valence-corrected chi connectivity index (χ0v) is 12.7. The quantitative estimate of drug-likeness (QED) is 0.644. The van der Waals surface area contributed by atoms with Crippen LogP contribution in [-0.4, -0.2) is 30.5 Å². The van der Waals surface area contributed by atoms with Crippen molar-refractivity contribution in [2.24, 2.45) is 10.7 Å². The summed E-state index contributed by atoms with van der Waals surface area (Å²) in [5, 5.41) is 3.16. The number of rotatable bonds is 4. The molecule has 3 N–H and O–H groups in total. The lowest BCUT2D eigenvalue weighted by atomic mass is 10.1. The summed E-state index contributed by atoms with van der Waals surface area (Å²) in [5.41, 5.74) is 8.27. The Kier molecular flexibility index (Phi) is 5.36. The Morgan fingerprint density at radius 1 is 1.26 bits per heavy atom. The van der Waals surface area contributed by atoms with Crippen molar-refractivity contribution in [2.75, 3.05) is 14.1 Å². The molecule has 0 atom stereocenters. The molecule has 0 amide bonds. The van der Waals surface area contributed by atoms with Crippen LogP contribution >= 0.6 is 0 Å². The molecule has 0 bridgehead atoms. The molecule has 0 heterocycles. The van der Waals surface area contributed by atoms with Gasteiger partial charge in [-0.2, -0.15) is 0 Å². The minimum absolute atomic E-state index is 0.0552. The average Bonchev–Trinajstić information content (AvgIpc) is 2.23. The van der Waals surface area contributed by atoms with E-state index in [0.717, 1.165) is 6.54 Å². The first-order chi connectivity index (χ1) is 8.76. The van der Waals surface area contributed by atoms with Crippen LogP contribution in [-0.2, 0) is 13.1 Å². The minimum Gasteiger partial charge on any atom is -0.370 e. The average molecular weight is 262 g/mol. The normalized spacial score (nSPS) is 12.8. The van der Waals surface area contributed by atoms with Gasteiger partial charge in [0.05, 0.1) is 6.54 Å². The molecule has 0 aliphatic carbocycles. The van der Waals surface area contributed by atoms with Crippen LogP contribution in [0.25, 0.3) is 0 Å². The van der Waals surface area contributed by atoms with E-state index in [9.17, 15) is 0 Å². The SMILES string of the molecule is CN(C)Cc1cccc(CN=C(N)NC(C)(C)C)c1. The smallest absolute Gasteiger partial charge is 0.189 e. The lowest BCUT2D eigenvalue weighted by Crippen LogP contribution is -2.44. The summed E-state index contributed by atoms with van der Waals surface area (Å²) in [6, 6.07) is 8.45. The number of hydrogen-bond acceptors (Lipinski definition) is 2. The molecule has 0 saturated carbocycles. The fraction of sp³-hybridized carbons (Fsp3) is 0.533. The van der Waals surface area contributed by atoms with Crippen LogP contribution in [0.3, 0.4) is 0 Å². The van der Waals surface area contributed by atoms with Crippen molar-refractivity contribution in [1.82, 2.24) is 10.2 Å². The van der Waals surface area contributed by atoms with Crippen molar-refractivity contribution in [1.29, 1.82) is 0 Å². The number of nitrogens with two attached hydrogens (primary N) is 1. The number of nitrogens with one attached hydrogen (secondary N) is 1. The maximum absolute atomic E-state index is 5.86. The van der Waals surface area contributed by atoms with Crippen LogP contribution in [0.4, 0.5) is 0 Å². The largest absolute Gasteiger partial charge is 0.370 e. The van der Waals surface area contributed by atoms with E-state index in [0.29, 0.717) is 12.5 Å². The molecule has 0 aliphatic rings. The van der Waals surface area contributed by atoms with Gasteiger partial charge in [-0.15, -0.1) is 0 Å².